The molecule has 2 N–H and O–H groups in total. The molecule has 2 atom stereocenters. The van der Waals surface area contributed by atoms with Crippen LogP contribution in [-0.2, 0) is 25.7 Å². The molecular formula is C22H25NO5. The summed E-state index contributed by atoms with van der Waals surface area (Å²) >= 11 is 0. The van der Waals surface area contributed by atoms with Crippen LogP contribution in [0, 0.1) is 0 Å². The lowest BCUT2D eigenvalue weighted by Gasteiger charge is -2.23. The molecule has 0 aliphatic carbocycles. The first-order valence-electron chi connectivity index (χ1n) is 9.39. The van der Waals surface area contributed by atoms with Crippen molar-refractivity contribution in [2.24, 2.45) is 5.73 Å². The van der Waals surface area contributed by atoms with E-state index >= 15 is 0 Å². The van der Waals surface area contributed by atoms with E-state index in [9.17, 15) is 9.59 Å². The molecule has 6 nitrogen and oxygen atoms in total. The van der Waals surface area contributed by atoms with E-state index in [1.165, 1.54) is 0 Å². The Labute approximate surface area is 164 Å². The summed E-state index contributed by atoms with van der Waals surface area (Å²) in [6, 6.07) is 14.4. The number of ether oxygens (including phenoxy) is 3. The van der Waals surface area contributed by atoms with Gasteiger partial charge in [0, 0.05) is 6.61 Å². The Kier molecular flexibility index (Phi) is 6.66. The molecule has 148 valence electrons. The van der Waals surface area contributed by atoms with Gasteiger partial charge in [0.15, 0.2) is 5.92 Å². The third-order valence-electron chi connectivity index (χ3n) is 4.88. The molecule has 1 saturated heterocycles. The van der Waals surface area contributed by atoms with Crippen LogP contribution in [0.3, 0.4) is 0 Å². The van der Waals surface area contributed by atoms with E-state index in [-0.39, 0.29) is 12.7 Å². The van der Waals surface area contributed by atoms with Gasteiger partial charge < -0.3 is 19.9 Å². The molecule has 1 aliphatic rings. The van der Waals surface area contributed by atoms with Crippen molar-refractivity contribution in [3.05, 3.63) is 65.2 Å². The van der Waals surface area contributed by atoms with Crippen LogP contribution >= 0.6 is 0 Å². The summed E-state index contributed by atoms with van der Waals surface area (Å²) in [4.78, 5) is 24.4. The average Bonchev–Trinajstić information content (AvgIpc) is 2.73. The maximum absolute atomic E-state index is 12.5. The summed E-state index contributed by atoms with van der Waals surface area (Å²) in [6.07, 6.45) is 3.26. The van der Waals surface area contributed by atoms with Crippen molar-refractivity contribution in [1.29, 1.82) is 0 Å². The van der Waals surface area contributed by atoms with Crippen molar-refractivity contribution in [2.75, 3.05) is 13.7 Å². The quantitative estimate of drug-likeness (QED) is 0.586. The lowest BCUT2D eigenvalue weighted by Crippen LogP contribution is -2.29. The molecule has 6 heteroatoms. The van der Waals surface area contributed by atoms with E-state index in [1.54, 1.807) is 43.5 Å². The zero-order chi connectivity index (χ0) is 19.9. The predicted molar refractivity (Wildman–Crippen MR) is 104 cm³/mol. The topological polar surface area (TPSA) is 87.9 Å². The van der Waals surface area contributed by atoms with E-state index in [0.717, 1.165) is 37.0 Å². The molecule has 0 radical (unpaired) electrons. The Morgan fingerprint density at radius 2 is 1.82 bits per heavy atom. The number of benzene rings is 2. The van der Waals surface area contributed by atoms with Gasteiger partial charge in [-0.15, -0.1) is 0 Å². The van der Waals surface area contributed by atoms with Crippen LogP contribution in [0.15, 0.2) is 48.5 Å². The van der Waals surface area contributed by atoms with E-state index in [1.807, 2.05) is 12.1 Å². The van der Waals surface area contributed by atoms with E-state index < -0.39 is 17.8 Å². The number of primary amides is 1. The highest BCUT2D eigenvalue weighted by molar-refractivity contribution is 6.02. The second-order valence-corrected chi connectivity index (χ2v) is 6.81. The molecule has 1 heterocycles. The first kappa shape index (κ1) is 19.9. The SMILES string of the molecule is COc1ccc(COC(=O)C(C(N)=O)c2ccc(C3CCCCO3)cc2)cc1. The average molecular weight is 383 g/mol. The zero-order valence-corrected chi connectivity index (χ0v) is 15.9. The standard InChI is InChI=1S/C22H25NO5/c1-26-18-11-5-15(6-12-18)14-28-22(25)20(21(23)24)17-9-7-16(8-10-17)19-4-2-3-13-27-19/h5-12,19-20H,2-4,13-14H2,1H3,(H2,23,24). The van der Waals surface area contributed by atoms with Gasteiger partial charge in [-0.3, -0.25) is 9.59 Å². The Morgan fingerprint density at radius 3 is 2.39 bits per heavy atom. The van der Waals surface area contributed by atoms with E-state index in [2.05, 4.69) is 0 Å². The number of nitrogens with two attached hydrogens (primary N) is 1. The largest absolute Gasteiger partial charge is 0.497 e. The number of esters is 1. The van der Waals surface area contributed by atoms with Gasteiger partial charge >= 0.3 is 5.97 Å². The summed E-state index contributed by atoms with van der Waals surface area (Å²) in [5, 5.41) is 0. The molecule has 1 amide bonds. The molecule has 0 bridgehead atoms. The lowest BCUT2D eigenvalue weighted by molar-refractivity contribution is -0.149. The number of carbonyl (C=O) groups is 2. The van der Waals surface area contributed by atoms with Gasteiger partial charge in [0.2, 0.25) is 5.91 Å². The van der Waals surface area contributed by atoms with Gasteiger partial charge in [0.05, 0.1) is 13.2 Å². The molecule has 1 aliphatic heterocycles. The minimum absolute atomic E-state index is 0.0562. The maximum Gasteiger partial charge on any atom is 0.323 e. The van der Waals surface area contributed by atoms with Crippen LogP contribution in [0.1, 0.15) is 48.0 Å². The van der Waals surface area contributed by atoms with Crippen LogP contribution in [0.4, 0.5) is 0 Å². The monoisotopic (exact) mass is 383 g/mol. The third-order valence-corrected chi connectivity index (χ3v) is 4.88. The molecule has 2 aromatic carbocycles. The number of rotatable bonds is 7. The van der Waals surface area contributed by atoms with Crippen LogP contribution in [0.2, 0.25) is 0 Å². The first-order valence-corrected chi connectivity index (χ1v) is 9.39. The highest BCUT2D eigenvalue weighted by Crippen LogP contribution is 2.29. The highest BCUT2D eigenvalue weighted by Gasteiger charge is 2.28. The summed E-state index contributed by atoms with van der Waals surface area (Å²) < 4.78 is 16.2. The van der Waals surface area contributed by atoms with Crippen molar-refractivity contribution >= 4 is 11.9 Å². The molecule has 1 fully saturated rings. The molecule has 3 rings (SSSR count). The second kappa shape index (κ2) is 9.37. The number of amides is 1. The minimum atomic E-state index is -1.14. The number of methoxy groups -OCH3 is 1. The Balaban J connectivity index is 1.66. The van der Waals surface area contributed by atoms with Gasteiger partial charge in [-0.2, -0.15) is 0 Å². The third kappa shape index (κ3) is 4.89. The fourth-order valence-corrected chi connectivity index (χ4v) is 3.28. The molecular weight excluding hydrogens is 358 g/mol. The van der Waals surface area contributed by atoms with Crippen LogP contribution in [0.5, 0.6) is 5.75 Å². The van der Waals surface area contributed by atoms with Crippen molar-refractivity contribution in [1.82, 2.24) is 0 Å². The van der Waals surface area contributed by atoms with Gasteiger partial charge in [-0.1, -0.05) is 36.4 Å². The summed E-state index contributed by atoms with van der Waals surface area (Å²) in [6.45, 7) is 0.814. The van der Waals surface area contributed by atoms with Gasteiger partial charge in [0.1, 0.15) is 12.4 Å². The highest BCUT2D eigenvalue weighted by atomic mass is 16.5. The molecule has 2 aromatic rings. The van der Waals surface area contributed by atoms with Crippen LogP contribution in [0.25, 0.3) is 0 Å². The molecule has 28 heavy (non-hydrogen) atoms. The normalized spacial score (nSPS) is 17.5. The first-order chi connectivity index (χ1) is 13.6. The Bertz CT molecular complexity index is 795. The Morgan fingerprint density at radius 1 is 1.11 bits per heavy atom. The van der Waals surface area contributed by atoms with Crippen molar-refractivity contribution in [3.63, 3.8) is 0 Å². The minimum Gasteiger partial charge on any atom is -0.497 e. The Hall–Kier alpha value is -2.86. The van der Waals surface area contributed by atoms with Crippen LogP contribution < -0.4 is 10.5 Å². The van der Waals surface area contributed by atoms with Crippen molar-refractivity contribution in [3.8, 4) is 5.75 Å². The van der Waals surface area contributed by atoms with Crippen LogP contribution in [-0.4, -0.2) is 25.6 Å². The van der Waals surface area contributed by atoms with E-state index in [0.29, 0.717) is 11.3 Å². The summed E-state index contributed by atoms with van der Waals surface area (Å²) in [5.41, 5.74) is 7.83. The fourth-order valence-electron chi connectivity index (χ4n) is 3.28. The fraction of sp³-hybridized carbons (Fsp3) is 0.364. The maximum atomic E-state index is 12.5. The molecule has 0 spiro atoms. The van der Waals surface area contributed by atoms with Gasteiger partial charge in [-0.05, 0) is 48.1 Å². The number of hydrogen-bond donors (Lipinski definition) is 1. The molecule has 0 saturated carbocycles. The smallest absolute Gasteiger partial charge is 0.323 e. The molecule has 0 aromatic heterocycles. The summed E-state index contributed by atoms with van der Waals surface area (Å²) in [7, 11) is 1.58. The zero-order valence-electron chi connectivity index (χ0n) is 15.9. The number of hydrogen-bond acceptors (Lipinski definition) is 5. The van der Waals surface area contributed by atoms with Gasteiger partial charge in [0.25, 0.3) is 0 Å². The number of carbonyl (C=O) groups excluding carboxylic acids is 2. The van der Waals surface area contributed by atoms with Gasteiger partial charge in [-0.25, -0.2) is 0 Å². The van der Waals surface area contributed by atoms with E-state index in [4.69, 9.17) is 19.9 Å². The van der Waals surface area contributed by atoms with Crippen molar-refractivity contribution < 1.29 is 23.8 Å². The lowest BCUT2D eigenvalue weighted by atomic mass is 9.94. The second-order valence-electron chi connectivity index (χ2n) is 6.81. The molecule has 2 unspecified atom stereocenters. The van der Waals surface area contributed by atoms with Crippen molar-refractivity contribution in [2.45, 2.75) is 37.9 Å². The summed E-state index contributed by atoms with van der Waals surface area (Å²) in [5.74, 6) is -1.82. The predicted octanol–water partition coefficient (Wildman–Crippen LogP) is 3.25.